The lowest BCUT2D eigenvalue weighted by Gasteiger charge is -2.20. The molecule has 2 aromatic heterocycles. The van der Waals surface area contributed by atoms with Crippen LogP contribution in [0, 0.1) is 6.92 Å². The van der Waals surface area contributed by atoms with Gasteiger partial charge in [0.15, 0.2) is 5.65 Å². The molecule has 0 aliphatic carbocycles. The Labute approximate surface area is 174 Å². The SMILES string of the molecule is CC(=O)Nc1cccc(NC(=O)CCn2c(C)nc3c(cnn3C(C)(C)C)c2=O)c1. The van der Waals surface area contributed by atoms with Crippen LogP contribution in [0.1, 0.15) is 39.9 Å². The molecule has 2 heterocycles. The lowest BCUT2D eigenvalue weighted by molar-refractivity contribution is -0.116. The summed E-state index contributed by atoms with van der Waals surface area (Å²) in [6, 6.07) is 6.87. The minimum absolute atomic E-state index is 0.103. The van der Waals surface area contributed by atoms with Crippen LogP contribution in [0.25, 0.3) is 11.0 Å². The topological polar surface area (TPSA) is 111 Å². The zero-order valence-corrected chi connectivity index (χ0v) is 17.8. The fraction of sp³-hybridized carbons (Fsp3) is 0.381. The minimum Gasteiger partial charge on any atom is -0.326 e. The minimum atomic E-state index is -0.300. The van der Waals surface area contributed by atoms with Crippen LogP contribution < -0.4 is 16.2 Å². The van der Waals surface area contributed by atoms with Crippen molar-refractivity contribution in [2.24, 2.45) is 0 Å². The molecule has 0 radical (unpaired) electrons. The lowest BCUT2D eigenvalue weighted by atomic mass is 10.1. The van der Waals surface area contributed by atoms with Crippen molar-refractivity contribution >= 4 is 34.2 Å². The second-order valence-corrected chi connectivity index (χ2v) is 8.14. The average Bonchev–Trinajstić information content (AvgIpc) is 3.05. The molecule has 2 amide bonds. The zero-order valence-electron chi connectivity index (χ0n) is 17.8. The molecule has 0 atom stereocenters. The largest absolute Gasteiger partial charge is 0.326 e. The molecule has 1 aromatic carbocycles. The number of nitrogens with one attached hydrogen (secondary N) is 2. The molecule has 9 nitrogen and oxygen atoms in total. The maximum atomic E-state index is 12.9. The van der Waals surface area contributed by atoms with E-state index in [0.717, 1.165) is 0 Å². The number of carbonyl (C=O) groups is 2. The van der Waals surface area contributed by atoms with Gasteiger partial charge in [-0.3, -0.25) is 19.0 Å². The first-order chi connectivity index (χ1) is 14.1. The Kier molecular flexibility index (Phi) is 5.73. The van der Waals surface area contributed by atoms with E-state index < -0.39 is 0 Å². The van der Waals surface area contributed by atoms with Crippen molar-refractivity contribution in [2.75, 3.05) is 10.6 Å². The number of fused-ring (bicyclic) bond motifs is 1. The summed E-state index contributed by atoms with van der Waals surface area (Å²) < 4.78 is 3.22. The third-order valence-corrected chi connectivity index (χ3v) is 4.54. The highest BCUT2D eigenvalue weighted by Gasteiger charge is 2.21. The monoisotopic (exact) mass is 410 g/mol. The second-order valence-electron chi connectivity index (χ2n) is 8.14. The maximum absolute atomic E-state index is 12.9. The van der Waals surface area contributed by atoms with E-state index in [-0.39, 0.29) is 35.9 Å². The van der Waals surface area contributed by atoms with Gasteiger partial charge < -0.3 is 10.6 Å². The van der Waals surface area contributed by atoms with Crippen molar-refractivity contribution in [3.8, 4) is 0 Å². The van der Waals surface area contributed by atoms with E-state index in [0.29, 0.717) is 28.2 Å². The van der Waals surface area contributed by atoms with Gasteiger partial charge >= 0.3 is 0 Å². The number of hydrogen-bond acceptors (Lipinski definition) is 5. The number of nitrogens with zero attached hydrogens (tertiary/aromatic N) is 4. The molecule has 0 aliphatic heterocycles. The van der Waals surface area contributed by atoms with Crippen molar-refractivity contribution < 1.29 is 9.59 Å². The van der Waals surface area contributed by atoms with E-state index >= 15 is 0 Å². The van der Waals surface area contributed by atoms with Gasteiger partial charge in [-0.2, -0.15) is 5.10 Å². The summed E-state index contributed by atoms with van der Waals surface area (Å²) in [5, 5.41) is 10.2. The number of rotatable bonds is 5. The van der Waals surface area contributed by atoms with Crippen LogP contribution in [-0.4, -0.2) is 31.1 Å². The van der Waals surface area contributed by atoms with E-state index in [4.69, 9.17) is 0 Å². The predicted octanol–water partition coefficient (Wildman–Crippen LogP) is 2.64. The fourth-order valence-electron chi connectivity index (χ4n) is 3.18. The number of anilines is 2. The fourth-order valence-corrected chi connectivity index (χ4v) is 3.18. The van der Waals surface area contributed by atoms with Crippen molar-refractivity contribution in [3.05, 3.63) is 46.6 Å². The van der Waals surface area contributed by atoms with Gasteiger partial charge in [0.1, 0.15) is 11.2 Å². The molecule has 0 spiro atoms. The Morgan fingerprint density at radius 1 is 1.13 bits per heavy atom. The van der Waals surface area contributed by atoms with E-state index in [1.54, 1.807) is 35.9 Å². The Balaban J connectivity index is 1.75. The van der Waals surface area contributed by atoms with Crippen molar-refractivity contribution in [2.45, 2.75) is 53.1 Å². The van der Waals surface area contributed by atoms with Gasteiger partial charge in [0.25, 0.3) is 5.56 Å². The zero-order chi connectivity index (χ0) is 22.1. The number of hydrogen-bond donors (Lipinski definition) is 2. The smallest absolute Gasteiger partial charge is 0.264 e. The molecular formula is C21H26N6O3. The van der Waals surface area contributed by atoms with E-state index in [1.807, 2.05) is 20.8 Å². The molecule has 30 heavy (non-hydrogen) atoms. The number of carbonyl (C=O) groups excluding carboxylic acids is 2. The third-order valence-electron chi connectivity index (χ3n) is 4.54. The number of aromatic nitrogens is 4. The summed E-state index contributed by atoms with van der Waals surface area (Å²) in [5.74, 6) is 0.0942. The summed E-state index contributed by atoms with van der Waals surface area (Å²) in [5.41, 5.74) is 1.19. The summed E-state index contributed by atoms with van der Waals surface area (Å²) in [6.07, 6.45) is 1.63. The Morgan fingerprint density at radius 3 is 2.43 bits per heavy atom. The molecule has 0 fully saturated rings. The molecular weight excluding hydrogens is 384 g/mol. The Morgan fingerprint density at radius 2 is 1.80 bits per heavy atom. The first-order valence-electron chi connectivity index (χ1n) is 9.69. The molecule has 0 saturated heterocycles. The predicted molar refractivity (Wildman–Crippen MR) is 116 cm³/mol. The van der Waals surface area contributed by atoms with Crippen LogP contribution in [0.2, 0.25) is 0 Å². The van der Waals surface area contributed by atoms with Gasteiger partial charge in [-0.1, -0.05) is 6.07 Å². The second kappa shape index (κ2) is 8.10. The van der Waals surface area contributed by atoms with Gasteiger partial charge in [-0.25, -0.2) is 9.67 Å². The molecule has 0 bridgehead atoms. The summed E-state index contributed by atoms with van der Waals surface area (Å²) in [4.78, 5) is 41.0. The van der Waals surface area contributed by atoms with Crippen LogP contribution >= 0.6 is 0 Å². The van der Waals surface area contributed by atoms with Crippen LogP contribution in [-0.2, 0) is 21.7 Å². The highest BCUT2D eigenvalue weighted by molar-refractivity contribution is 5.93. The highest BCUT2D eigenvalue weighted by atomic mass is 16.2. The first-order valence-corrected chi connectivity index (χ1v) is 9.69. The van der Waals surface area contributed by atoms with Crippen LogP contribution in [0.5, 0.6) is 0 Å². The van der Waals surface area contributed by atoms with Crippen LogP contribution in [0.4, 0.5) is 11.4 Å². The van der Waals surface area contributed by atoms with Crippen LogP contribution in [0.3, 0.4) is 0 Å². The lowest BCUT2D eigenvalue weighted by Crippen LogP contribution is -2.28. The van der Waals surface area contributed by atoms with Crippen LogP contribution in [0.15, 0.2) is 35.3 Å². The van der Waals surface area contributed by atoms with E-state index in [1.165, 1.54) is 17.7 Å². The van der Waals surface area contributed by atoms with Crippen molar-refractivity contribution in [1.82, 2.24) is 19.3 Å². The molecule has 158 valence electrons. The molecule has 3 aromatic rings. The quantitative estimate of drug-likeness (QED) is 0.672. The molecule has 9 heteroatoms. The number of amides is 2. The summed E-state index contributed by atoms with van der Waals surface area (Å²) in [7, 11) is 0. The summed E-state index contributed by atoms with van der Waals surface area (Å²) in [6.45, 7) is 9.34. The molecule has 0 aliphatic rings. The first kappa shape index (κ1) is 21.2. The number of aryl methyl sites for hydroxylation is 1. The average molecular weight is 410 g/mol. The Hall–Kier alpha value is -3.49. The van der Waals surface area contributed by atoms with Gasteiger partial charge in [0.2, 0.25) is 11.8 Å². The van der Waals surface area contributed by atoms with E-state index in [9.17, 15) is 14.4 Å². The van der Waals surface area contributed by atoms with Gasteiger partial charge in [0.05, 0.1) is 11.7 Å². The van der Waals surface area contributed by atoms with Gasteiger partial charge in [0, 0.05) is 31.3 Å². The standard InChI is InChI=1S/C21H26N6O3/c1-13-23-19-17(12-22-27(19)21(3,4)5)20(30)26(13)10-9-18(29)25-16-8-6-7-15(11-16)24-14(2)28/h6-8,11-12H,9-10H2,1-5H3,(H,24,28)(H,25,29). The normalized spacial score (nSPS) is 11.5. The number of benzene rings is 1. The summed E-state index contributed by atoms with van der Waals surface area (Å²) >= 11 is 0. The van der Waals surface area contributed by atoms with E-state index in [2.05, 4.69) is 20.7 Å². The highest BCUT2D eigenvalue weighted by Crippen LogP contribution is 2.19. The third kappa shape index (κ3) is 4.56. The molecule has 0 unspecified atom stereocenters. The van der Waals surface area contributed by atoms with Crippen molar-refractivity contribution in [1.29, 1.82) is 0 Å². The Bertz CT molecular complexity index is 1170. The molecule has 0 saturated carbocycles. The molecule has 3 rings (SSSR count). The van der Waals surface area contributed by atoms with Crippen molar-refractivity contribution in [3.63, 3.8) is 0 Å². The molecule has 2 N–H and O–H groups in total. The maximum Gasteiger partial charge on any atom is 0.264 e. The van der Waals surface area contributed by atoms with Gasteiger partial charge in [-0.05, 0) is 45.9 Å². The van der Waals surface area contributed by atoms with Gasteiger partial charge in [-0.15, -0.1) is 0 Å².